The van der Waals surface area contributed by atoms with E-state index in [0.29, 0.717) is 18.4 Å². The molecule has 1 rings (SSSR count). The van der Waals surface area contributed by atoms with Gasteiger partial charge in [0.05, 0.1) is 6.61 Å². The quantitative estimate of drug-likeness (QED) is 0.708. The SMILES string of the molecule is CCOc1cc(CNCCN(C)C(C)C)ccc1O. The van der Waals surface area contributed by atoms with Crippen molar-refractivity contribution >= 4 is 0 Å². The Labute approximate surface area is 116 Å². The zero-order chi connectivity index (χ0) is 14.3. The lowest BCUT2D eigenvalue weighted by Crippen LogP contribution is -2.33. The molecular formula is C15H26N2O2. The molecule has 4 heteroatoms. The summed E-state index contributed by atoms with van der Waals surface area (Å²) < 4.78 is 5.37. The van der Waals surface area contributed by atoms with Crippen molar-refractivity contribution in [3.05, 3.63) is 23.8 Å². The van der Waals surface area contributed by atoms with Gasteiger partial charge in [0.25, 0.3) is 0 Å². The molecule has 0 radical (unpaired) electrons. The Balaban J connectivity index is 2.39. The van der Waals surface area contributed by atoms with E-state index in [1.807, 2.05) is 19.1 Å². The normalized spacial score (nSPS) is 11.3. The molecule has 4 nitrogen and oxygen atoms in total. The van der Waals surface area contributed by atoms with Crippen LogP contribution in [0.5, 0.6) is 11.5 Å². The summed E-state index contributed by atoms with van der Waals surface area (Å²) in [5, 5.41) is 13.0. The van der Waals surface area contributed by atoms with Crippen LogP contribution in [0.4, 0.5) is 0 Å². The first kappa shape index (κ1) is 15.8. The van der Waals surface area contributed by atoms with Gasteiger partial charge in [-0.1, -0.05) is 6.07 Å². The largest absolute Gasteiger partial charge is 0.504 e. The van der Waals surface area contributed by atoms with Crippen LogP contribution >= 0.6 is 0 Å². The zero-order valence-corrected chi connectivity index (χ0v) is 12.4. The minimum Gasteiger partial charge on any atom is -0.504 e. The van der Waals surface area contributed by atoms with Crippen molar-refractivity contribution in [1.82, 2.24) is 10.2 Å². The molecule has 0 fully saturated rings. The van der Waals surface area contributed by atoms with Crippen molar-refractivity contribution < 1.29 is 9.84 Å². The Morgan fingerprint density at radius 2 is 2.11 bits per heavy atom. The standard InChI is InChI=1S/C15H26N2O2/c1-5-19-15-10-13(6-7-14(15)18)11-16-8-9-17(4)12(2)3/h6-7,10,12,16,18H,5,8-9,11H2,1-4H3. The lowest BCUT2D eigenvalue weighted by molar-refractivity contribution is 0.273. The molecular weight excluding hydrogens is 240 g/mol. The molecule has 1 aromatic carbocycles. The van der Waals surface area contributed by atoms with E-state index in [4.69, 9.17) is 4.74 Å². The minimum atomic E-state index is 0.199. The molecule has 2 N–H and O–H groups in total. The third-order valence-electron chi connectivity index (χ3n) is 3.18. The molecule has 0 saturated carbocycles. The molecule has 0 bridgehead atoms. The molecule has 0 atom stereocenters. The van der Waals surface area contributed by atoms with E-state index in [2.05, 4.69) is 31.1 Å². The molecule has 0 aromatic heterocycles. The first-order valence-corrected chi connectivity index (χ1v) is 6.90. The monoisotopic (exact) mass is 266 g/mol. The predicted octanol–water partition coefficient (Wildman–Crippen LogP) is 2.22. The van der Waals surface area contributed by atoms with Crippen molar-refractivity contribution in [2.45, 2.75) is 33.4 Å². The van der Waals surface area contributed by atoms with Crippen LogP contribution in [0.1, 0.15) is 26.3 Å². The van der Waals surface area contributed by atoms with Gasteiger partial charge < -0.3 is 20.1 Å². The Kier molecular flexibility index (Phi) is 6.67. The summed E-state index contributed by atoms with van der Waals surface area (Å²) in [6.07, 6.45) is 0. The number of aromatic hydroxyl groups is 1. The molecule has 0 amide bonds. The molecule has 19 heavy (non-hydrogen) atoms. The van der Waals surface area contributed by atoms with Crippen molar-refractivity contribution in [2.75, 3.05) is 26.7 Å². The lowest BCUT2D eigenvalue weighted by Gasteiger charge is -2.21. The maximum absolute atomic E-state index is 9.62. The van der Waals surface area contributed by atoms with E-state index < -0.39 is 0 Å². The van der Waals surface area contributed by atoms with E-state index >= 15 is 0 Å². The van der Waals surface area contributed by atoms with E-state index in [0.717, 1.165) is 25.2 Å². The molecule has 0 unspecified atom stereocenters. The second-order valence-electron chi connectivity index (χ2n) is 4.99. The number of nitrogens with zero attached hydrogens (tertiary/aromatic N) is 1. The van der Waals surface area contributed by atoms with Crippen molar-refractivity contribution in [1.29, 1.82) is 0 Å². The fourth-order valence-corrected chi connectivity index (χ4v) is 1.69. The molecule has 0 aliphatic rings. The van der Waals surface area contributed by atoms with Crippen LogP contribution in [-0.4, -0.2) is 42.8 Å². The van der Waals surface area contributed by atoms with Crippen molar-refractivity contribution in [3.63, 3.8) is 0 Å². The van der Waals surface area contributed by atoms with Gasteiger partial charge in [-0.25, -0.2) is 0 Å². The number of hydrogen-bond donors (Lipinski definition) is 2. The van der Waals surface area contributed by atoms with Crippen LogP contribution < -0.4 is 10.1 Å². The van der Waals surface area contributed by atoms with Crippen LogP contribution in [-0.2, 0) is 6.54 Å². The maximum Gasteiger partial charge on any atom is 0.161 e. The van der Waals surface area contributed by atoms with Crippen LogP contribution in [0.15, 0.2) is 18.2 Å². The van der Waals surface area contributed by atoms with Crippen LogP contribution in [0.2, 0.25) is 0 Å². The lowest BCUT2D eigenvalue weighted by atomic mass is 10.2. The molecule has 108 valence electrons. The molecule has 0 aliphatic heterocycles. The second kappa shape index (κ2) is 8.02. The topological polar surface area (TPSA) is 44.7 Å². The Bertz CT molecular complexity index is 380. The number of ether oxygens (including phenoxy) is 1. The van der Waals surface area contributed by atoms with Gasteiger partial charge in [-0.3, -0.25) is 0 Å². The minimum absolute atomic E-state index is 0.199. The third-order valence-corrected chi connectivity index (χ3v) is 3.18. The van der Waals surface area contributed by atoms with Gasteiger partial charge in [0.15, 0.2) is 11.5 Å². The van der Waals surface area contributed by atoms with E-state index in [1.54, 1.807) is 6.07 Å². The molecule has 0 aliphatic carbocycles. The average molecular weight is 266 g/mol. The number of phenolic OH excluding ortho intramolecular Hbond substituents is 1. The summed E-state index contributed by atoms with van der Waals surface area (Å²) in [6.45, 7) is 9.60. The van der Waals surface area contributed by atoms with Gasteiger partial charge in [-0.2, -0.15) is 0 Å². The zero-order valence-electron chi connectivity index (χ0n) is 12.4. The highest BCUT2D eigenvalue weighted by Crippen LogP contribution is 2.26. The highest BCUT2D eigenvalue weighted by Gasteiger charge is 2.04. The van der Waals surface area contributed by atoms with Gasteiger partial charge in [-0.15, -0.1) is 0 Å². The Morgan fingerprint density at radius 3 is 2.74 bits per heavy atom. The fourth-order valence-electron chi connectivity index (χ4n) is 1.69. The van der Waals surface area contributed by atoms with Crippen LogP contribution in [0, 0.1) is 0 Å². The predicted molar refractivity (Wildman–Crippen MR) is 78.7 cm³/mol. The second-order valence-corrected chi connectivity index (χ2v) is 4.99. The number of phenols is 1. The Morgan fingerprint density at radius 1 is 1.37 bits per heavy atom. The summed E-state index contributed by atoms with van der Waals surface area (Å²) in [6, 6.07) is 6.05. The summed E-state index contributed by atoms with van der Waals surface area (Å²) in [5.41, 5.74) is 1.12. The maximum atomic E-state index is 9.62. The van der Waals surface area contributed by atoms with Gasteiger partial charge in [0.1, 0.15) is 0 Å². The number of hydrogen-bond acceptors (Lipinski definition) is 4. The van der Waals surface area contributed by atoms with E-state index in [9.17, 15) is 5.11 Å². The Hall–Kier alpha value is -1.26. The van der Waals surface area contributed by atoms with Crippen LogP contribution in [0.3, 0.4) is 0 Å². The van der Waals surface area contributed by atoms with Gasteiger partial charge >= 0.3 is 0 Å². The number of benzene rings is 1. The smallest absolute Gasteiger partial charge is 0.161 e. The fraction of sp³-hybridized carbons (Fsp3) is 0.600. The van der Waals surface area contributed by atoms with E-state index in [1.165, 1.54) is 0 Å². The molecule has 0 saturated heterocycles. The number of rotatable bonds is 8. The van der Waals surface area contributed by atoms with Gasteiger partial charge in [0, 0.05) is 25.7 Å². The first-order chi connectivity index (χ1) is 9.04. The number of nitrogens with one attached hydrogen (secondary N) is 1. The summed E-state index contributed by atoms with van der Waals surface area (Å²) in [4.78, 5) is 2.30. The molecule has 1 aromatic rings. The summed E-state index contributed by atoms with van der Waals surface area (Å²) in [5.74, 6) is 0.756. The first-order valence-electron chi connectivity index (χ1n) is 6.90. The highest BCUT2D eigenvalue weighted by atomic mass is 16.5. The summed E-state index contributed by atoms with van der Waals surface area (Å²) >= 11 is 0. The van der Waals surface area contributed by atoms with E-state index in [-0.39, 0.29) is 5.75 Å². The molecule has 0 spiro atoms. The average Bonchev–Trinajstić information content (AvgIpc) is 2.38. The van der Waals surface area contributed by atoms with Gasteiger partial charge in [-0.05, 0) is 45.5 Å². The summed E-state index contributed by atoms with van der Waals surface area (Å²) in [7, 11) is 2.13. The molecule has 0 heterocycles. The highest BCUT2D eigenvalue weighted by molar-refractivity contribution is 5.41. The van der Waals surface area contributed by atoms with Gasteiger partial charge in [0.2, 0.25) is 0 Å². The van der Waals surface area contributed by atoms with Crippen molar-refractivity contribution in [3.8, 4) is 11.5 Å². The number of likely N-dealkylation sites (N-methyl/N-ethyl adjacent to an activating group) is 1. The third kappa shape index (κ3) is 5.49. The van der Waals surface area contributed by atoms with Crippen LogP contribution in [0.25, 0.3) is 0 Å². The van der Waals surface area contributed by atoms with Crippen molar-refractivity contribution in [2.24, 2.45) is 0 Å².